The Kier molecular flexibility index (Phi) is 4.04. The van der Waals surface area contributed by atoms with Crippen LogP contribution in [0.1, 0.15) is 1.43 Å². The molecule has 0 aromatic carbocycles. The molecule has 0 aromatic heterocycles. The van der Waals surface area contributed by atoms with E-state index in [1.165, 1.54) is 0 Å². The van der Waals surface area contributed by atoms with Crippen molar-refractivity contribution >= 4 is 9.04 Å². The van der Waals surface area contributed by atoms with Crippen molar-refractivity contribution < 1.29 is 5.85 Å². The molecule has 0 saturated carbocycles. The summed E-state index contributed by atoms with van der Waals surface area (Å²) in [5.74, 6) is 0. The zero-order valence-electron chi connectivity index (χ0n) is 4.98. The molecule has 0 aromatic rings. The highest BCUT2D eigenvalue weighted by Gasteiger charge is 1.88. The second-order valence-electron chi connectivity index (χ2n) is 1.67. The van der Waals surface area contributed by atoms with Gasteiger partial charge in [-0.15, -0.1) is 6.58 Å². The topological polar surface area (TPSA) is 9.23 Å². The van der Waals surface area contributed by atoms with Gasteiger partial charge in [0.2, 0.25) is 0 Å². The second-order valence-corrected chi connectivity index (χ2v) is 4.10. The third-order valence-corrected chi connectivity index (χ3v) is 1.41. The molecule has 0 saturated heterocycles. The van der Waals surface area contributed by atoms with E-state index in [0.29, 0.717) is 0 Å². The van der Waals surface area contributed by atoms with E-state index < -0.39 is 9.04 Å². The first kappa shape index (κ1) is 6.92. The Morgan fingerprint density at radius 1 is 1.86 bits per heavy atom. The zero-order valence-corrected chi connectivity index (χ0v) is 6.13. The molecule has 0 heterocycles. The minimum absolute atomic E-state index is 0. The highest BCUT2D eigenvalue weighted by molar-refractivity contribution is 6.48. The van der Waals surface area contributed by atoms with Gasteiger partial charge in [0.25, 0.3) is 0 Å². The molecule has 2 heteroatoms. The van der Waals surface area contributed by atoms with Gasteiger partial charge in [-0.3, -0.25) is 0 Å². The fraction of sp³-hybridized carbons (Fsp3) is 0.600. The number of hydrogen-bond donors (Lipinski definition) is 0. The van der Waals surface area contributed by atoms with Gasteiger partial charge in [0.05, 0.1) is 6.61 Å². The molecular weight excluding hydrogens is 104 g/mol. The van der Waals surface area contributed by atoms with Crippen molar-refractivity contribution in [3.05, 3.63) is 12.7 Å². The van der Waals surface area contributed by atoms with E-state index in [0.717, 1.165) is 6.61 Å². The van der Waals surface area contributed by atoms with E-state index in [4.69, 9.17) is 4.43 Å². The van der Waals surface area contributed by atoms with Crippen molar-refractivity contribution in [1.29, 1.82) is 0 Å². The SMILES string of the molecule is C=CCO[SiH](C)C.[HH]. The van der Waals surface area contributed by atoms with Crippen LogP contribution in [-0.4, -0.2) is 15.6 Å². The fourth-order valence-electron chi connectivity index (χ4n) is 0.260. The van der Waals surface area contributed by atoms with Gasteiger partial charge < -0.3 is 4.43 Å². The molecule has 0 bridgehead atoms. The smallest absolute Gasteiger partial charge is 0.171 e. The molecule has 0 unspecified atom stereocenters. The highest BCUT2D eigenvalue weighted by atomic mass is 28.3. The monoisotopic (exact) mass is 118 g/mol. The molecule has 0 fully saturated rings. The molecular formula is C5H14OSi. The van der Waals surface area contributed by atoms with Crippen LogP contribution in [0.15, 0.2) is 12.7 Å². The Hall–Kier alpha value is -0.0831. The summed E-state index contributed by atoms with van der Waals surface area (Å²) in [6.45, 7) is 8.54. The lowest BCUT2D eigenvalue weighted by atomic mass is 10.7. The molecule has 44 valence electrons. The van der Waals surface area contributed by atoms with E-state index in [1.807, 2.05) is 0 Å². The molecule has 0 atom stereocenters. The van der Waals surface area contributed by atoms with Crippen molar-refractivity contribution in [2.45, 2.75) is 13.1 Å². The van der Waals surface area contributed by atoms with Crippen LogP contribution >= 0.6 is 0 Å². The normalized spacial score (nSPS) is 9.57. The molecule has 0 rings (SSSR count). The van der Waals surface area contributed by atoms with E-state index in [1.54, 1.807) is 6.08 Å². The van der Waals surface area contributed by atoms with Crippen LogP contribution in [0.3, 0.4) is 0 Å². The number of rotatable bonds is 3. The second kappa shape index (κ2) is 4.09. The predicted octanol–water partition coefficient (Wildman–Crippen LogP) is 1.42. The van der Waals surface area contributed by atoms with E-state index in [-0.39, 0.29) is 1.43 Å². The van der Waals surface area contributed by atoms with Gasteiger partial charge >= 0.3 is 0 Å². The minimum Gasteiger partial charge on any atom is -0.417 e. The summed E-state index contributed by atoms with van der Waals surface area (Å²) >= 11 is 0. The first-order chi connectivity index (χ1) is 3.27. The highest BCUT2D eigenvalue weighted by Crippen LogP contribution is 1.81. The van der Waals surface area contributed by atoms with Gasteiger partial charge in [0, 0.05) is 1.43 Å². The molecule has 0 aliphatic carbocycles. The van der Waals surface area contributed by atoms with Crippen molar-refractivity contribution in [2.75, 3.05) is 6.61 Å². The summed E-state index contributed by atoms with van der Waals surface area (Å²) in [6.07, 6.45) is 1.78. The Labute approximate surface area is 48.2 Å². The molecule has 1 nitrogen and oxygen atoms in total. The van der Waals surface area contributed by atoms with Crippen molar-refractivity contribution in [3.63, 3.8) is 0 Å². The van der Waals surface area contributed by atoms with Crippen LogP contribution in [0.25, 0.3) is 0 Å². The molecule has 0 amide bonds. The van der Waals surface area contributed by atoms with Gasteiger partial charge in [-0.05, 0) is 13.1 Å². The van der Waals surface area contributed by atoms with E-state index in [9.17, 15) is 0 Å². The van der Waals surface area contributed by atoms with Gasteiger partial charge in [-0.2, -0.15) is 0 Å². The average molecular weight is 118 g/mol. The van der Waals surface area contributed by atoms with Gasteiger partial charge in [0.15, 0.2) is 9.04 Å². The lowest BCUT2D eigenvalue weighted by Gasteiger charge is -1.99. The van der Waals surface area contributed by atoms with Gasteiger partial charge in [-0.25, -0.2) is 0 Å². The summed E-state index contributed by atoms with van der Waals surface area (Å²) < 4.78 is 5.21. The Balaban J connectivity index is 0. The molecule has 0 radical (unpaired) electrons. The largest absolute Gasteiger partial charge is 0.417 e. The van der Waals surface area contributed by atoms with Gasteiger partial charge in [0.1, 0.15) is 0 Å². The van der Waals surface area contributed by atoms with Crippen molar-refractivity contribution in [2.24, 2.45) is 0 Å². The zero-order chi connectivity index (χ0) is 5.70. The molecule has 7 heavy (non-hydrogen) atoms. The standard InChI is InChI=1S/C5H12OSi.H2/c1-4-5-6-7(2)3;/h4,7H,1,5H2,2-3H3;1H. The molecule has 0 spiro atoms. The van der Waals surface area contributed by atoms with E-state index in [2.05, 4.69) is 19.7 Å². The lowest BCUT2D eigenvalue weighted by Crippen LogP contribution is -2.06. The van der Waals surface area contributed by atoms with Crippen molar-refractivity contribution in [3.8, 4) is 0 Å². The van der Waals surface area contributed by atoms with Crippen LogP contribution < -0.4 is 0 Å². The van der Waals surface area contributed by atoms with Crippen LogP contribution in [0.2, 0.25) is 13.1 Å². The summed E-state index contributed by atoms with van der Waals surface area (Å²) in [5.41, 5.74) is 0. The van der Waals surface area contributed by atoms with Crippen LogP contribution in [-0.2, 0) is 4.43 Å². The van der Waals surface area contributed by atoms with Crippen LogP contribution in [0, 0.1) is 0 Å². The summed E-state index contributed by atoms with van der Waals surface area (Å²) in [4.78, 5) is 0. The summed E-state index contributed by atoms with van der Waals surface area (Å²) in [5, 5.41) is 0. The quantitative estimate of drug-likeness (QED) is 0.402. The number of hydrogen-bond acceptors (Lipinski definition) is 1. The first-order valence-corrected chi connectivity index (χ1v) is 5.28. The van der Waals surface area contributed by atoms with E-state index >= 15 is 0 Å². The first-order valence-electron chi connectivity index (χ1n) is 2.50. The maximum atomic E-state index is 5.21. The molecule has 0 aliphatic rings. The Bertz CT molecular complexity index is 56.4. The average Bonchev–Trinajstić information content (AvgIpc) is 1.61. The summed E-state index contributed by atoms with van der Waals surface area (Å²) in [7, 11) is -0.759. The molecule has 0 N–H and O–H groups in total. The Morgan fingerprint density at radius 2 is 2.43 bits per heavy atom. The van der Waals surface area contributed by atoms with Crippen LogP contribution in [0.5, 0.6) is 0 Å². The third kappa shape index (κ3) is 5.92. The lowest BCUT2D eigenvalue weighted by molar-refractivity contribution is 0.375. The summed E-state index contributed by atoms with van der Waals surface area (Å²) in [6, 6.07) is 0. The van der Waals surface area contributed by atoms with Crippen LogP contribution in [0.4, 0.5) is 0 Å². The van der Waals surface area contributed by atoms with Crippen molar-refractivity contribution in [1.82, 2.24) is 0 Å². The maximum absolute atomic E-state index is 5.21. The fourth-order valence-corrected chi connectivity index (χ4v) is 0.781. The minimum atomic E-state index is -0.759. The Morgan fingerprint density at radius 3 is 2.57 bits per heavy atom. The van der Waals surface area contributed by atoms with Gasteiger partial charge in [-0.1, -0.05) is 6.08 Å². The third-order valence-electron chi connectivity index (χ3n) is 0.547. The maximum Gasteiger partial charge on any atom is 0.171 e. The molecule has 0 aliphatic heterocycles. The predicted molar refractivity (Wildman–Crippen MR) is 37.1 cm³/mol.